The summed E-state index contributed by atoms with van der Waals surface area (Å²) in [7, 11) is 0. The number of amides is 2. The van der Waals surface area contributed by atoms with Crippen molar-refractivity contribution >= 4 is 17.5 Å². The summed E-state index contributed by atoms with van der Waals surface area (Å²) in [6, 6.07) is 7.18. The molecular formula is C17H18N6O. The average molecular weight is 322 g/mol. The molecule has 2 heterocycles. The molecule has 7 heteroatoms. The molecule has 0 fully saturated rings. The Hall–Kier alpha value is -3.22. The molecule has 2 N–H and O–H groups in total. The quantitative estimate of drug-likeness (QED) is 0.775. The Labute approximate surface area is 139 Å². The zero-order chi connectivity index (χ0) is 17.1. The Morgan fingerprint density at radius 1 is 1.04 bits per heavy atom. The number of imidazole rings is 1. The van der Waals surface area contributed by atoms with Gasteiger partial charge in [-0.2, -0.15) is 0 Å². The van der Waals surface area contributed by atoms with Crippen molar-refractivity contribution in [2.75, 3.05) is 10.6 Å². The molecule has 0 aliphatic carbocycles. The summed E-state index contributed by atoms with van der Waals surface area (Å²) >= 11 is 0. The summed E-state index contributed by atoms with van der Waals surface area (Å²) in [5, 5.41) is 5.54. The van der Waals surface area contributed by atoms with Crippen LogP contribution in [0.2, 0.25) is 0 Å². The molecule has 0 spiro atoms. The second kappa shape index (κ2) is 6.49. The van der Waals surface area contributed by atoms with Gasteiger partial charge in [-0.05, 0) is 32.4 Å². The van der Waals surface area contributed by atoms with Crippen molar-refractivity contribution in [1.29, 1.82) is 0 Å². The van der Waals surface area contributed by atoms with Crippen LogP contribution in [-0.4, -0.2) is 25.6 Å². The number of hydrogen-bond acceptors (Lipinski definition) is 4. The summed E-state index contributed by atoms with van der Waals surface area (Å²) in [6.45, 7) is 5.84. The van der Waals surface area contributed by atoms with Gasteiger partial charge < -0.3 is 5.32 Å². The number of hydrogen-bond donors (Lipinski definition) is 2. The van der Waals surface area contributed by atoms with Crippen LogP contribution in [-0.2, 0) is 0 Å². The van der Waals surface area contributed by atoms with Crippen LogP contribution in [0.3, 0.4) is 0 Å². The summed E-state index contributed by atoms with van der Waals surface area (Å²) < 4.78 is 1.81. The fourth-order valence-corrected chi connectivity index (χ4v) is 2.39. The SMILES string of the molecule is Cc1ccc(NC(=O)Nc2cc(-n3ccnc3C)ncn2)c(C)c1. The first kappa shape index (κ1) is 15.7. The van der Waals surface area contributed by atoms with Crippen molar-refractivity contribution in [2.24, 2.45) is 0 Å². The zero-order valence-corrected chi connectivity index (χ0v) is 13.7. The number of carbonyl (C=O) groups excluding carboxylic acids is 1. The molecule has 24 heavy (non-hydrogen) atoms. The molecule has 0 aliphatic heterocycles. The number of aromatic nitrogens is 4. The van der Waals surface area contributed by atoms with E-state index in [1.54, 1.807) is 18.5 Å². The van der Waals surface area contributed by atoms with E-state index in [1.165, 1.54) is 6.33 Å². The number of anilines is 2. The van der Waals surface area contributed by atoms with Crippen molar-refractivity contribution < 1.29 is 4.79 Å². The van der Waals surface area contributed by atoms with Crippen molar-refractivity contribution in [3.8, 4) is 5.82 Å². The number of urea groups is 1. The summed E-state index contributed by atoms with van der Waals surface area (Å²) in [5.41, 5.74) is 2.91. The average Bonchev–Trinajstić information content (AvgIpc) is 2.96. The lowest BCUT2D eigenvalue weighted by molar-refractivity contribution is 0.262. The normalized spacial score (nSPS) is 10.5. The van der Waals surface area contributed by atoms with E-state index in [2.05, 4.69) is 25.6 Å². The van der Waals surface area contributed by atoms with Crippen LogP contribution in [0.25, 0.3) is 5.82 Å². The van der Waals surface area contributed by atoms with Gasteiger partial charge >= 0.3 is 6.03 Å². The van der Waals surface area contributed by atoms with E-state index in [4.69, 9.17) is 0 Å². The number of aryl methyl sites for hydroxylation is 3. The largest absolute Gasteiger partial charge is 0.324 e. The van der Waals surface area contributed by atoms with Crippen molar-refractivity contribution in [3.05, 3.63) is 59.9 Å². The minimum Gasteiger partial charge on any atom is -0.307 e. The third kappa shape index (κ3) is 3.40. The van der Waals surface area contributed by atoms with Gasteiger partial charge in [-0.25, -0.2) is 19.7 Å². The lowest BCUT2D eigenvalue weighted by Crippen LogP contribution is -2.21. The van der Waals surface area contributed by atoms with Gasteiger partial charge in [0.2, 0.25) is 0 Å². The standard InChI is InChI=1S/C17H18N6O/c1-11-4-5-14(12(2)8-11)21-17(24)22-15-9-16(20-10-19-15)23-7-6-18-13(23)3/h4-10H,1-3H3,(H2,19,20,21,22,24). The van der Waals surface area contributed by atoms with Crippen LogP contribution < -0.4 is 10.6 Å². The number of benzene rings is 1. The van der Waals surface area contributed by atoms with Gasteiger partial charge in [0.25, 0.3) is 0 Å². The monoisotopic (exact) mass is 322 g/mol. The minimum absolute atomic E-state index is 0.353. The van der Waals surface area contributed by atoms with Gasteiger partial charge in [0.1, 0.15) is 23.8 Å². The predicted molar refractivity (Wildman–Crippen MR) is 92.4 cm³/mol. The van der Waals surface area contributed by atoms with Gasteiger partial charge in [0, 0.05) is 24.1 Å². The molecule has 0 atom stereocenters. The fraction of sp³-hybridized carbons (Fsp3) is 0.176. The molecule has 1 aromatic carbocycles. The van der Waals surface area contributed by atoms with E-state index < -0.39 is 0 Å². The van der Waals surface area contributed by atoms with Crippen molar-refractivity contribution in [3.63, 3.8) is 0 Å². The lowest BCUT2D eigenvalue weighted by atomic mass is 10.1. The molecule has 0 saturated carbocycles. The topological polar surface area (TPSA) is 84.7 Å². The van der Waals surface area contributed by atoms with E-state index in [0.29, 0.717) is 11.6 Å². The highest BCUT2D eigenvalue weighted by Gasteiger charge is 2.08. The molecule has 2 amide bonds. The number of rotatable bonds is 3. The minimum atomic E-state index is -0.353. The molecule has 2 aromatic heterocycles. The first-order valence-corrected chi connectivity index (χ1v) is 7.50. The van der Waals surface area contributed by atoms with Crippen molar-refractivity contribution in [1.82, 2.24) is 19.5 Å². The Bertz CT molecular complexity index is 886. The van der Waals surface area contributed by atoms with Crippen LogP contribution in [0.15, 0.2) is 43.0 Å². The van der Waals surface area contributed by atoms with Gasteiger partial charge in [-0.3, -0.25) is 9.88 Å². The van der Waals surface area contributed by atoms with E-state index >= 15 is 0 Å². The smallest absolute Gasteiger partial charge is 0.307 e. The fourth-order valence-electron chi connectivity index (χ4n) is 2.39. The number of nitrogens with one attached hydrogen (secondary N) is 2. The first-order chi connectivity index (χ1) is 11.5. The lowest BCUT2D eigenvalue weighted by Gasteiger charge is -2.11. The van der Waals surface area contributed by atoms with Crippen molar-refractivity contribution in [2.45, 2.75) is 20.8 Å². The Morgan fingerprint density at radius 2 is 1.88 bits per heavy atom. The molecule has 0 radical (unpaired) electrons. The van der Waals surface area contributed by atoms with Gasteiger partial charge in [0.15, 0.2) is 0 Å². The molecule has 0 aliphatic rings. The van der Waals surface area contributed by atoms with E-state index in [1.807, 2.05) is 43.5 Å². The zero-order valence-electron chi connectivity index (χ0n) is 13.7. The molecule has 0 bridgehead atoms. The molecule has 122 valence electrons. The third-order valence-electron chi connectivity index (χ3n) is 3.60. The highest BCUT2D eigenvalue weighted by Crippen LogP contribution is 2.17. The predicted octanol–water partition coefficient (Wildman–Crippen LogP) is 3.23. The molecule has 7 nitrogen and oxygen atoms in total. The van der Waals surface area contributed by atoms with Gasteiger partial charge in [-0.15, -0.1) is 0 Å². The van der Waals surface area contributed by atoms with Crippen LogP contribution in [0.4, 0.5) is 16.3 Å². The highest BCUT2D eigenvalue weighted by atomic mass is 16.2. The maximum atomic E-state index is 12.2. The van der Waals surface area contributed by atoms with Gasteiger partial charge in [0.05, 0.1) is 0 Å². The Morgan fingerprint density at radius 3 is 2.58 bits per heavy atom. The second-order valence-electron chi connectivity index (χ2n) is 5.50. The first-order valence-electron chi connectivity index (χ1n) is 7.50. The van der Waals surface area contributed by atoms with Crippen LogP contribution >= 0.6 is 0 Å². The molecule has 0 saturated heterocycles. The van der Waals surface area contributed by atoms with E-state index in [-0.39, 0.29) is 6.03 Å². The van der Waals surface area contributed by atoms with Crippen LogP contribution in [0, 0.1) is 20.8 Å². The highest BCUT2D eigenvalue weighted by molar-refractivity contribution is 5.99. The summed E-state index contributed by atoms with van der Waals surface area (Å²) in [4.78, 5) is 24.6. The molecule has 3 rings (SSSR count). The van der Waals surface area contributed by atoms with Crippen LogP contribution in [0.1, 0.15) is 17.0 Å². The number of nitrogens with zero attached hydrogens (tertiary/aromatic N) is 4. The molecule has 3 aromatic rings. The summed E-state index contributed by atoms with van der Waals surface area (Å²) in [6.07, 6.45) is 4.90. The number of carbonyl (C=O) groups is 1. The molecular weight excluding hydrogens is 304 g/mol. The van der Waals surface area contributed by atoms with Crippen LogP contribution in [0.5, 0.6) is 0 Å². The van der Waals surface area contributed by atoms with E-state index in [9.17, 15) is 4.79 Å². The Balaban J connectivity index is 1.74. The van der Waals surface area contributed by atoms with E-state index in [0.717, 1.165) is 22.6 Å². The maximum Gasteiger partial charge on any atom is 0.324 e. The second-order valence-corrected chi connectivity index (χ2v) is 5.50. The molecule has 0 unspecified atom stereocenters. The van der Waals surface area contributed by atoms with Gasteiger partial charge in [-0.1, -0.05) is 17.7 Å². The summed E-state index contributed by atoms with van der Waals surface area (Å²) in [5.74, 6) is 1.86. The maximum absolute atomic E-state index is 12.2. The Kier molecular flexibility index (Phi) is 4.24. The third-order valence-corrected chi connectivity index (χ3v) is 3.60.